The Morgan fingerprint density at radius 3 is 2.55 bits per heavy atom. The van der Waals surface area contributed by atoms with Crippen LogP contribution in [-0.4, -0.2) is 38.1 Å². The number of para-hydroxylation sites is 1. The number of benzene rings is 2. The summed E-state index contributed by atoms with van der Waals surface area (Å²) in [4.78, 5) is 16.6. The number of aromatic nitrogens is 2. The Hall–Kier alpha value is -3.70. The second kappa shape index (κ2) is 9.43. The molecule has 0 aliphatic carbocycles. The Kier molecular flexibility index (Phi) is 6.43. The predicted octanol–water partition coefficient (Wildman–Crippen LogP) is 3.95. The van der Waals surface area contributed by atoms with Crippen LogP contribution in [0.25, 0.3) is 11.4 Å². The van der Waals surface area contributed by atoms with Gasteiger partial charge in [-0.25, -0.2) is 8.42 Å². The van der Waals surface area contributed by atoms with Crippen LogP contribution in [0.15, 0.2) is 74.8 Å². The van der Waals surface area contributed by atoms with Gasteiger partial charge in [-0.05, 0) is 47.8 Å². The van der Waals surface area contributed by atoms with Crippen molar-refractivity contribution in [3.8, 4) is 17.1 Å². The van der Waals surface area contributed by atoms with Crippen LogP contribution in [0.5, 0.6) is 5.75 Å². The van der Waals surface area contributed by atoms with Gasteiger partial charge in [-0.3, -0.25) is 9.10 Å². The number of amides is 1. The molecule has 2 aromatic heterocycles. The van der Waals surface area contributed by atoms with E-state index in [0.717, 1.165) is 11.3 Å². The smallest absolute Gasteiger partial charge is 0.273 e. The fraction of sp³-hybridized carbons (Fsp3) is 0.136. The summed E-state index contributed by atoms with van der Waals surface area (Å²) in [6.45, 7) is 1.45. The van der Waals surface area contributed by atoms with E-state index in [2.05, 4.69) is 15.5 Å². The molecule has 11 heteroatoms. The van der Waals surface area contributed by atoms with E-state index in [0.29, 0.717) is 34.4 Å². The van der Waals surface area contributed by atoms with Gasteiger partial charge in [0.25, 0.3) is 15.9 Å². The van der Waals surface area contributed by atoms with Crippen LogP contribution < -0.4 is 14.4 Å². The first kappa shape index (κ1) is 22.5. The van der Waals surface area contributed by atoms with Gasteiger partial charge in [-0.15, -0.1) is 11.3 Å². The Balaban J connectivity index is 1.38. The third-order valence-corrected chi connectivity index (χ3v) is 7.81. The maximum absolute atomic E-state index is 12.6. The second-order valence-corrected chi connectivity index (χ2v) is 10.1. The van der Waals surface area contributed by atoms with Gasteiger partial charge < -0.3 is 14.6 Å². The van der Waals surface area contributed by atoms with E-state index in [1.54, 1.807) is 66.9 Å². The Morgan fingerprint density at radius 1 is 1.12 bits per heavy atom. The second-order valence-electron chi connectivity index (χ2n) is 6.92. The summed E-state index contributed by atoms with van der Waals surface area (Å²) in [7, 11) is -2.13. The highest BCUT2D eigenvalue weighted by Gasteiger charge is 2.22. The van der Waals surface area contributed by atoms with Crippen molar-refractivity contribution in [2.75, 3.05) is 23.3 Å². The molecule has 0 spiro atoms. The number of carbonyl (C=O) groups excluding carboxylic acids is 1. The average molecular weight is 485 g/mol. The maximum Gasteiger partial charge on any atom is 0.273 e. The van der Waals surface area contributed by atoms with Gasteiger partial charge in [0.1, 0.15) is 9.96 Å². The lowest BCUT2D eigenvalue weighted by molar-refractivity contribution is -0.118. The van der Waals surface area contributed by atoms with Gasteiger partial charge in [0.2, 0.25) is 11.7 Å². The van der Waals surface area contributed by atoms with Crippen molar-refractivity contribution < 1.29 is 22.5 Å². The van der Waals surface area contributed by atoms with E-state index >= 15 is 0 Å². The van der Waals surface area contributed by atoms with Crippen molar-refractivity contribution in [3.63, 3.8) is 0 Å². The number of ether oxygens (including phenoxy) is 1. The zero-order valence-electron chi connectivity index (χ0n) is 17.8. The number of nitrogens with zero attached hydrogens (tertiary/aromatic N) is 3. The van der Waals surface area contributed by atoms with Crippen LogP contribution in [0.2, 0.25) is 0 Å². The predicted molar refractivity (Wildman–Crippen MR) is 125 cm³/mol. The zero-order chi connectivity index (χ0) is 23.4. The first-order valence-electron chi connectivity index (χ1n) is 9.79. The van der Waals surface area contributed by atoms with E-state index in [1.807, 2.05) is 6.07 Å². The Morgan fingerprint density at radius 2 is 1.88 bits per heavy atom. The summed E-state index contributed by atoms with van der Waals surface area (Å²) in [5, 5.41) is 8.38. The minimum atomic E-state index is -3.62. The van der Waals surface area contributed by atoms with Gasteiger partial charge >= 0.3 is 0 Å². The van der Waals surface area contributed by atoms with E-state index in [4.69, 9.17) is 9.26 Å². The van der Waals surface area contributed by atoms with Crippen LogP contribution in [0.3, 0.4) is 0 Å². The molecule has 0 aliphatic heterocycles. The summed E-state index contributed by atoms with van der Waals surface area (Å²) >= 11 is 1.16. The molecule has 0 saturated carbocycles. The lowest BCUT2D eigenvalue weighted by atomic mass is 10.1. The first-order valence-corrected chi connectivity index (χ1v) is 12.1. The molecule has 0 atom stereocenters. The van der Waals surface area contributed by atoms with Crippen molar-refractivity contribution >= 4 is 38.6 Å². The number of thiophene rings is 1. The molecule has 0 unspecified atom stereocenters. The molecule has 0 aliphatic rings. The highest BCUT2D eigenvalue weighted by Crippen LogP contribution is 2.27. The van der Waals surface area contributed by atoms with Crippen LogP contribution in [-0.2, 0) is 14.8 Å². The highest BCUT2D eigenvalue weighted by molar-refractivity contribution is 7.94. The van der Waals surface area contributed by atoms with E-state index in [-0.39, 0.29) is 16.7 Å². The number of anilines is 2. The first-order chi connectivity index (χ1) is 15.8. The molecule has 170 valence electrons. The minimum Gasteiger partial charge on any atom is -0.484 e. The van der Waals surface area contributed by atoms with Crippen LogP contribution in [0.4, 0.5) is 11.4 Å². The molecular formula is C22H20N4O5S2. The minimum absolute atomic E-state index is 0.234. The molecule has 0 radical (unpaired) electrons. The lowest BCUT2D eigenvalue weighted by Gasteiger charge is -2.18. The number of sulfonamides is 1. The lowest BCUT2D eigenvalue weighted by Crippen LogP contribution is -2.25. The number of nitrogens with one attached hydrogen (secondary N) is 1. The molecule has 4 rings (SSSR count). The van der Waals surface area contributed by atoms with Crippen molar-refractivity contribution in [3.05, 3.63) is 71.9 Å². The topological polar surface area (TPSA) is 115 Å². The van der Waals surface area contributed by atoms with Crippen LogP contribution in [0, 0.1) is 6.92 Å². The Bertz CT molecular complexity index is 1350. The van der Waals surface area contributed by atoms with Gasteiger partial charge in [0.05, 0.1) is 11.4 Å². The molecule has 1 amide bonds. The van der Waals surface area contributed by atoms with Crippen molar-refractivity contribution in [2.24, 2.45) is 0 Å². The molecule has 4 aromatic rings. The summed E-state index contributed by atoms with van der Waals surface area (Å²) in [6, 6.07) is 16.8. The molecule has 9 nitrogen and oxygen atoms in total. The fourth-order valence-electron chi connectivity index (χ4n) is 2.97. The summed E-state index contributed by atoms with van der Waals surface area (Å²) in [5.74, 6) is 0.857. The highest BCUT2D eigenvalue weighted by atomic mass is 32.2. The van der Waals surface area contributed by atoms with Gasteiger partial charge in [-0.2, -0.15) is 4.98 Å². The standard InChI is InChI=1S/C22H20N4O5S2/c1-15-23-22(25-31-15)18-6-3-4-7-19(18)24-20(27)14-30-17-11-9-16(10-12-17)26(2)33(28,29)21-8-5-13-32-21/h3-13H,14H2,1-2H3,(H,24,27). The zero-order valence-corrected chi connectivity index (χ0v) is 19.4. The molecule has 0 fully saturated rings. The molecule has 0 saturated heterocycles. The third-order valence-electron chi connectivity index (χ3n) is 4.65. The summed E-state index contributed by atoms with van der Waals surface area (Å²) < 4.78 is 37.3. The molecular weight excluding hydrogens is 464 g/mol. The molecule has 1 N–H and O–H groups in total. The Labute approximate surface area is 194 Å². The van der Waals surface area contributed by atoms with E-state index in [9.17, 15) is 13.2 Å². The molecule has 33 heavy (non-hydrogen) atoms. The summed E-state index contributed by atoms with van der Waals surface area (Å²) in [5.41, 5.74) is 1.63. The van der Waals surface area contributed by atoms with E-state index in [1.165, 1.54) is 11.4 Å². The van der Waals surface area contributed by atoms with Crippen molar-refractivity contribution in [1.29, 1.82) is 0 Å². The number of hydrogen-bond donors (Lipinski definition) is 1. The molecule has 0 bridgehead atoms. The van der Waals surface area contributed by atoms with Crippen molar-refractivity contribution in [1.82, 2.24) is 10.1 Å². The van der Waals surface area contributed by atoms with Crippen LogP contribution >= 0.6 is 11.3 Å². The maximum atomic E-state index is 12.6. The van der Waals surface area contributed by atoms with E-state index < -0.39 is 10.0 Å². The van der Waals surface area contributed by atoms with Gasteiger partial charge in [0.15, 0.2) is 6.61 Å². The van der Waals surface area contributed by atoms with Crippen LogP contribution in [0.1, 0.15) is 5.89 Å². The summed E-state index contributed by atoms with van der Waals surface area (Å²) in [6.07, 6.45) is 0. The molecule has 2 aromatic carbocycles. The number of rotatable bonds is 8. The van der Waals surface area contributed by atoms with Gasteiger partial charge in [-0.1, -0.05) is 23.4 Å². The van der Waals surface area contributed by atoms with Crippen molar-refractivity contribution in [2.45, 2.75) is 11.1 Å². The monoisotopic (exact) mass is 484 g/mol. The normalized spacial score (nSPS) is 11.2. The number of carbonyl (C=O) groups is 1. The van der Waals surface area contributed by atoms with Gasteiger partial charge in [0, 0.05) is 19.5 Å². The average Bonchev–Trinajstić information content (AvgIpc) is 3.50. The fourth-order valence-corrected chi connectivity index (χ4v) is 5.32. The molecule has 2 heterocycles. The quantitative estimate of drug-likeness (QED) is 0.403. The SMILES string of the molecule is Cc1nc(-c2ccccc2NC(=O)COc2ccc(N(C)S(=O)(=O)c3cccs3)cc2)no1. The largest absolute Gasteiger partial charge is 0.484 e. The number of hydrogen-bond acceptors (Lipinski definition) is 8. The third kappa shape index (κ3) is 5.04. The number of aryl methyl sites for hydroxylation is 1.